The molecule has 0 unspecified atom stereocenters. The van der Waals surface area contributed by atoms with Crippen LogP contribution in [0.5, 0.6) is 11.5 Å². The number of carbonyl (C=O) groups excluding carboxylic acids is 2. The van der Waals surface area contributed by atoms with Crippen LogP contribution in [0.1, 0.15) is 11.1 Å². The molecule has 26 heavy (non-hydrogen) atoms. The van der Waals surface area contributed by atoms with Gasteiger partial charge in [0.05, 0.1) is 15.9 Å². The molecule has 5 nitrogen and oxygen atoms in total. The first-order valence-corrected chi connectivity index (χ1v) is 9.58. The van der Waals surface area contributed by atoms with Gasteiger partial charge >= 0.3 is 0 Å². The van der Waals surface area contributed by atoms with E-state index < -0.39 is 17.0 Å². The summed E-state index contributed by atoms with van der Waals surface area (Å²) in [7, 11) is 0. The van der Waals surface area contributed by atoms with Crippen LogP contribution in [0.2, 0.25) is 0 Å². The molecule has 1 heterocycles. The maximum absolute atomic E-state index is 13.0. The number of halogens is 3. The van der Waals surface area contributed by atoms with Crippen molar-refractivity contribution in [3.63, 3.8) is 0 Å². The summed E-state index contributed by atoms with van der Waals surface area (Å²) in [6.07, 6.45) is 1.37. The van der Waals surface area contributed by atoms with E-state index in [0.29, 0.717) is 10.0 Å². The standard InChI is InChI=1S/C17H10Br2FNO4S/c18-11-5-9(14(22)13(19)15(11)23)6-12-16(24)21(17(25)26-12)7-8-1-3-10(20)4-2-8/h1-6,22-23H,7H2/b12-6-. The molecule has 3 rings (SSSR count). The summed E-state index contributed by atoms with van der Waals surface area (Å²) in [5.74, 6) is -1.34. The van der Waals surface area contributed by atoms with Crippen molar-refractivity contribution in [2.24, 2.45) is 0 Å². The van der Waals surface area contributed by atoms with Gasteiger partial charge in [0, 0.05) is 5.56 Å². The second-order valence-corrected chi connectivity index (χ2v) is 7.99. The molecule has 0 atom stereocenters. The van der Waals surface area contributed by atoms with Gasteiger partial charge in [-0.1, -0.05) is 12.1 Å². The van der Waals surface area contributed by atoms with Crippen LogP contribution in [-0.2, 0) is 11.3 Å². The monoisotopic (exact) mass is 501 g/mol. The molecule has 2 N–H and O–H groups in total. The third-order valence-electron chi connectivity index (χ3n) is 3.61. The Bertz CT molecular complexity index is 947. The highest BCUT2D eigenvalue weighted by molar-refractivity contribution is 9.11. The lowest BCUT2D eigenvalue weighted by atomic mass is 10.1. The average molecular weight is 503 g/mol. The second kappa shape index (κ2) is 7.42. The molecule has 1 aliphatic heterocycles. The normalized spacial score (nSPS) is 16.0. The molecule has 9 heteroatoms. The Morgan fingerprint density at radius 1 is 1.12 bits per heavy atom. The van der Waals surface area contributed by atoms with Crippen LogP contribution >= 0.6 is 43.6 Å². The fraction of sp³-hybridized carbons (Fsp3) is 0.0588. The van der Waals surface area contributed by atoms with Gasteiger partial charge in [0.25, 0.3) is 11.1 Å². The van der Waals surface area contributed by atoms with E-state index in [2.05, 4.69) is 31.9 Å². The Kier molecular flexibility index (Phi) is 5.40. The summed E-state index contributed by atoms with van der Waals surface area (Å²) in [5.41, 5.74) is 0.877. The summed E-state index contributed by atoms with van der Waals surface area (Å²) in [6.45, 7) is 0.0250. The Morgan fingerprint density at radius 2 is 1.77 bits per heavy atom. The summed E-state index contributed by atoms with van der Waals surface area (Å²) in [5, 5.41) is 19.4. The topological polar surface area (TPSA) is 77.8 Å². The fourth-order valence-electron chi connectivity index (χ4n) is 2.28. The number of hydrogen-bond acceptors (Lipinski definition) is 5. The number of nitrogens with zero attached hydrogens (tertiary/aromatic N) is 1. The zero-order chi connectivity index (χ0) is 19.0. The van der Waals surface area contributed by atoms with Crippen molar-refractivity contribution in [2.75, 3.05) is 0 Å². The molecule has 0 saturated carbocycles. The van der Waals surface area contributed by atoms with Crippen LogP contribution in [0.25, 0.3) is 6.08 Å². The van der Waals surface area contributed by atoms with Crippen molar-refractivity contribution in [1.29, 1.82) is 0 Å². The lowest BCUT2D eigenvalue weighted by Crippen LogP contribution is -2.27. The van der Waals surface area contributed by atoms with Crippen molar-refractivity contribution < 1.29 is 24.2 Å². The lowest BCUT2D eigenvalue weighted by molar-refractivity contribution is -0.123. The number of imide groups is 1. The molecule has 0 aromatic heterocycles. The largest absolute Gasteiger partial charge is 0.506 e. The molecule has 0 spiro atoms. The van der Waals surface area contributed by atoms with Crippen molar-refractivity contribution in [2.45, 2.75) is 6.54 Å². The minimum Gasteiger partial charge on any atom is -0.506 e. The predicted molar refractivity (Wildman–Crippen MR) is 103 cm³/mol. The average Bonchev–Trinajstić information content (AvgIpc) is 2.87. The number of rotatable bonds is 3. The van der Waals surface area contributed by atoms with Gasteiger partial charge in [0.15, 0.2) is 0 Å². The zero-order valence-corrected chi connectivity index (χ0v) is 16.9. The van der Waals surface area contributed by atoms with Crippen molar-refractivity contribution >= 4 is 60.8 Å². The fourth-order valence-corrected chi connectivity index (χ4v) is 4.26. The first-order valence-electron chi connectivity index (χ1n) is 7.17. The minimum atomic E-state index is -0.510. The number of benzene rings is 2. The number of amides is 2. The number of phenols is 2. The second-order valence-electron chi connectivity index (χ2n) is 5.35. The van der Waals surface area contributed by atoms with E-state index in [1.54, 1.807) is 0 Å². The van der Waals surface area contributed by atoms with E-state index in [1.807, 2.05) is 0 Å². The van der Waals surface area contributed by atoms with E-state index in [-0.39, 0.29) is 33.0 Å². The molecule has 134 valence electrons. The van der Waals surface area contributed by atoms with Crippen LogP contribution in [0.4, 0.5) is 9.18 Å². The Labute approximate surface area is 168 Å². The van der Waals surface area contributed by atoms with E-state index in [4.69, 9.17) is 0 Å². The van der Waals surface area contributed by atoms with E-state index in [0.717, 1.165) is 16.7 Å². The van der Waals surface area contributed by atoms with Crippen molar-refractivity contribution in [3.8, 4) is 11.5 Å². The molecule has 1 aliphatic rings. The van der Waals surface area contributed by atoms with E-state index in [9.17, 15) is 24.2 Å². The van der Waals surface area contributed by atoms with Gasteiger partial charge in [-0.25, -0.2) is 4.39 Å². The first-order chi connectivity index (χ1) is 12.3. The van der Waals surface area contributed by atoms with Gasteiger partial charge < -0.3 is 10.2 Å². The highest BCUT2D eigenvalue weighted by Crippen LogP contribution is 2.43. The quantitative estimate of drug-likeness (QED) is 0.577. The highest BCUT2D eigenvalue weighted by Gasteiger charge is 2.35. The van der Waals surface area contributed by atoms with Gasteiger partial charge in [0.2, 0.25) is 0 Å². The van der Waals surface area contributed by atoms with Gasteiger partial charge in [-0.3, -0.25) is 14.5 Å². The maximum Gasteiger partial charge on any atom is 0.293 e. The van der Waals surface area contributed by atoms with Gasteiger partial charge in [-0.05, 0) is 73.5 Å². The van der Waals surface area contributed by atoms with Crippen molar-refractivity contribution in [3.05, 3.63) is 61.1 Å². The maximum atomic E-state index is 13.0. The van der Waals surface area contributed by atoms with Crippen LogP contribution in [-0.4, -0.2) is 26.3 Å². The molecule has 2 aromatic rings. The van der Waals surface area contributed by atoms with E-state index >= 15 is 0 Å². The molecule has 0 bridgehead atoms. The Balaban J connectivity index is 1.89. The summed E-state index contributed by atoms with van der Waals surface area (Å²) < 4.78 is 13.4. The Hall–Kier alpha value is -1.84. The van der Waals surface area contributed by atoms with Crippen LogP contribution < -0.4 is 0 Å². The van der Waals surface area contributed by atoms with E-state index in [1.165, 1.54) is 36.4 Å². The molecule has 2 aromatic carbocycles. The summed E-state index contributed by atoms with van der Waals surface area (Å²) >= 11 is 6.95. The molecule has 1 fully saturated rings. The Morgan fingerprint density at radius 3 is 2.42 bits per heavy atom. The number of thioether (sulfide) groups is 1. The lowest BCUT2D eigenvalue weighted by Gasteiger charge is -2.12. The number of hydrogen-bond donors (Lipinski definition) is 2. The number of aromatic hydroxyl groups is 2. The minimum absolute atomic E-state index is 0.0250. The van der Waals surface area contributed by atoms with Gasteiger partial charge in [-0.2, -0.15) is 0 Å². The first kappa shape index (κ1) is 18.9. The van der Waals surface area contributed by atoms with Crippen LogP contribution in [0, 0.1) is 5.82 Å². The van der Waals surface area contributed by atoms with Crippen molar-refractivity contribution in [1.82, 2.24) is 4.90 Å². The summed E-state index contributed by atoms with van der Waals surface area (Å²) in [4.78, 5) is 25.9. The predicted octanol–water partition coefficient (Wildman–Crippen LogP) is 5.00. The third-order valence-corrected chi connectivity index (χ3v) is 5.87. The highest BCUT2D eigenvalue weighted by atomic mass is 79.9. The van der Waals surface area contributed by atoms with Gasteiger partial charge in [0.1, 0.15) is 21.8 Å². The zero-order valence-electron chi connectivity index (χ0n) is 12.9. The number of carbonyl (C=O) groups is 2. The molecule has 1 saturated heterocycles. The third kappa shape index (κ3) is 3.65. The van der Waals surface area contributed by atoms with Gasteiger partial charge in [-0.15, -0.1) is 0 Å². The smallest absolute Gasteiger partial charge is 0.293 e. The number of phenolic OH excluding ortho intramolecular Hbond substituents is 2. The molecular weight excluding hydrogens is 493 g/mol. The molecule has 0 radical (unpaired) electrons. The summed E-state index contributed by atoms with van der Waals surface area (Å²) in [6, 6.07) is 6.95. The molecule has 0 aliphatic carbocycles. The molecular formula is C17H10Br2FNO4S. The SMILES string of the molecule is O=C1S/C(=C\c2cc(Br)c(O)c(Br)c2O)C(=O)N1Cc1ccc(F)cc1. The molecule has 2 amide bonds. The van der Waals surface area contributed by atoms with Crippen LogP contribution in [0.3, 0.4) is 0 Å². The van der Waals surface area contributed by atoms with Crippen LogP contribution in [0.15, 0.2) is 44.2 Å².